The Morgan fingerprint density at radius 2 is 1.20 bits per heavy atom. The van der Waals surface area contributed by atoms with Crippen molar-refractivity contribution in [2.45, 2.75) is 51.5 Å². The number of hydrogen-bond acceptors (Lipinski definition) is 2. The molecule has 0 saturated heterocycles. The van der Waals surface area contributed by atoms with Gasteiger partial charge in [0.1, 0.15) is 0 Å². The molecule has 2 aromatic rings. The molecular weight excluding hydrogens is 673 g/mol. The molecule has 0 heterocycles. The second-order valence-corrected chi connectivity index (χ2v) is 21.3. The van der Waals surface area contributed by atoms with Crippen LogP contribution in [0.5, 0.6) is 11.5 Å². The number of benzene rings is 2. The summed E-state index contributed by atoms with van der Waals surface area (Å²) in [6, 6.07) is 6.06. The summed E-state index contributed by atoms with van der Waals surface area (Å²) in [5, 5.41) is 1.10. The normalized spacial score (nSPS) is 12.0. The Morgan fingerprint density at radius 3 is 1.50 bits per heavy atom. The van der Waals surface area contributed by atoms with Gasteiger partial charge in [0.25, 0.3) is 0 Å². The fourth-order valence-corrected chi connectivity index (χ4v) is 13.8. The summed E-state index contributed by atoms with van der Waals surface area (Å²) >= 11 is 1.58. The zero-order valence-electron chi connectivity index (χ0n) is 18.4. The minimum atomic E-state index is -2.69. The Bertz CT molecular complexity index is 780. The number of ether oxygens (including phenoxy) is 2. The molecule has 0 N–H and O–H groups in total. The van der Waals surface area contributed by atoms with Crippen molar-refractivity contribution >= 4 is 58.4 Å². The Hall–Kier alpha value is -0.0971. The van der Waals surface area contributed by atoms with Crippen LogP contribution < -0.4 is 9.47 Å². The SMILES string of the molecule is Cc1cc(F)cc(I)c1O[CH2][Ge]([CH2]Oc1c(C)cc(F)cc1I)([CH2]C(C)C)[CH](C)C. The van der Waals surface area contributed by atoms with Gasteiger partial charge in [-0.3, -0.25) is 0 Å². The molecule has 0 amide bonds. The maximum absolute atomic E-state index is 13.7. The first-order valence-corrected chi connectivity index (χ1v) is 17.9. The molecule has 166 valence electrons. The first-order chi connectivity index (χ1) is 13.9. The van der Waals surface area contributed by atoms with Crippen LogP contribution in [0.15, 0.2) is 24.3 Å². The molecule has 0 unspecified atom stereocenters. The molecule has 0 saturated carbocycles. The Labute approximate surface area is 209 Å². The van der Waals surface area contributed by atoms with E-state index in [9.17, 15) is 8.78 Å². The maximum atomic E-state index is 13.7. The van der Waals surface area contributed by atoms with Crippen molar-refractivity contribution in [1.29, 1.82) is 0 Å². The summed E-state index contributed by atoms with van der Waals surface area (Å²) in [5.74, 6) is 1.58. The van der Waals surface area contributed by atoms with Crippen molar-refractivity contribution in [2.24, 2.45) is 5.92 Å². The Morgan fingerprint density at radius 1 is 0.800 bits per heavy atom. The fourth-order valence-electron chi connectivity index (χ4n) is 3.72. The van der Waals surface area contributed by atoms with Gasteiger partial charge in [0.2, 0.25) is 0 Å². The molecule has 0 aliphatic carbocycles. The van der Waals surface area contributed by atoms with E-state index >= 15 is 0 Å². The monoisotopic (exact) mass is 704 g/mol. The van der Waals surface area contributed by atoms with Crippen molar-refractivity contribution in [3.8, 4) is 11.5 Å². The predicted octanol–water partition coefficient (Wildman–Crippen LogP) is 7.84. The van der Waals surface area contributed by atoms with E-state index in [2.05, 4.69) is 72.9 Å². The third-order valence-electron chi connectivity index (χ3n) is 5.44. The summed E-state index contributed by atoms with van der Waals surface area (Å²) in [6.45, 7) is 12.8. The van der Waals surface area contributed by atoms with Crippen molar-refractivity contribution in [3.05, 3.63) is 54.2 Å². The van der Waals surface area contributed by atoms with Crippen LogP contribution >= 0.6 is 45.2 Å². The second-order valence-electron chi connectivity index (χ2n) is 8.76. The van der Waals surface area contributed by atoms with Gasteiger partial charge in [-0.1, -0.05) is 0 Å². The van der Waals surface area contributed by atoms with E-state index in [1.165, 1.54) is 24.3 Å². The van der Waals surface area contributed by atoms with Crippen LogP contribution in [0.25, 0.3) is 0 Å². The van der Waals surface area contributed by atoms with Crippen LogP contribution in [-0.4, -0.2) is 24.1 Å². The molecule has 0 spiro atoms. The van der Waals surface area contributed by atoms with Crippen LogP contribution in [0.1, 0.15) is 38.8 Å². The molecule has 2 aromatic carbocycles. The summed E-state index contributed by atoms with van der Waals surface area (Å²) in [6.07, 6.45) is 0. The van der Waals surface area contributed by atoms with E-state index in [0.29, 0.717) is 21.5 Å². The van der Waals surface area contributed by atoms with E-state index in [1.807, 2.05) is 13.8 Å². The summed E-state index contributed by atoms with van der Waals surface area (Å²) in [7, 11) is 0. The van der Waals surface area contributed by atoms with Gasteiger partial charge in [-0.05, 0) is 0 Å². The van der Waals surface area contributed by atoms with Crippen LogP contribution in [-0.2, 0) is 0 Å². The zero-order chi connectivity index (χ0) is 22.6. The molecule has 0 bridgehead atoms. The molecule has 0 aliphatic heterocycles. The third-order valence-corrected chi connectivity index (χ3v) is 18.6. The molecule has 2 nitrogen and oxygen atoms in total. The van der Waals surface area contributed by atoms with Crippen LogP contribution in [0.3, 0.4) is 0 Å². The van der Waals surface area contributed by atoms with E-state index in [0.717, 1.165) is 35.0 Å². The van der Waals surface area contributed by atoms with Gasteiger partial charge < -0.3 is 0 Å². The van der Waals surface area contributed by atoms with Crippen molar-refractivity contribution in [3.63, 3.8) is 0 Å². The molecule has 0 fully saturated rings. The standard InChI is InChI=1S/C23H30F2GeI2O2/c1-14(2)11-26(15(3)4,12-29-22-16(5)7-18(24)9-20(22)27)13-30-23-17(6)8-19(25)10-21(23)28/h7-10,14-15H,11-13H2,1-6H3. The van der Waals surface area contributed by atoms with E-state index in [4.69, 9.17) is 9.47 Å². The number of rotatable bonds is 9. The van der Waals surface area contributed by atoms with Crippen LogP contribution in [0.4, 0.5) is 8.78 Å². The molecule has 2 rings (SSSR count). The molecule has 0 aliphatic rings. The topological polar surface area (TPSA) is 18.5 Å². The van der Waals surface area contributed by atoms with Gasteiger partial charge in [0, 0.05) is 0 Å². The van der Waals surface area contributed by atoms with Gasteiger partial charge in [-0.2, -0.15) is 0 Å². The summed E-state index contributed by atoms with van der Waals surface area (Å²) in [4.78, 5) is 0. The average molecular weight is 703 g/mol. The molecule has 30 heavy (non-hydrogen) atoms. The molecule has 0 radical (unpaired) electrons. The fraction of sp³-hybridized carbons (Fsp3) is 0.478. The summed E-state index contributed by atoms with van der Waals surface area (Å²) < 4.78 is 42.2. The van der Waals surface area contributed by atoms with E-state index in [1.54, 1.807) is 0 Å². The number of hydrogen-bond donors (Lipinski definition) is 0. The minimum absolute atomic E-state index is 0.243. The molecular formula is C23H30F2GeI2O2. The van der Waals surface area contributed by atoms with Crippen molar-refractivity contribution < 1.29 is 18.3 Å². The van der Waals surface area contributed by atoms with Gasteiger partial charge >= 0.3 is 211 Å². The van der Waals surface area contributed by atoms with Crippen LogP contribution in [0, 0.1) is 38.5 Å². The van der Waals surface area contributed by atoms with Gasteiger partial charge in [0.15, 0.2) is 0 Å². The quantitative estimate of drug-likeness (QED) is 0.196. The molecule has 7 heteroatoms. The molecule has 0 aromatic heterocycles. The first-order valence-electron chi connectivity index (χ1n) is 10.1. The van der Waals surface area contributed by atoms with Crippen molar-refractivity contribution in [1.82, 2.24) is 0 Å². The summed E-state index contributed by atoms with van der Waals surface area (Å²) in [5.41, 5.74) is 2.92. The van der Waals surface area contributed by atoms with Crippen molar-refractivity contribution in [2.75, 3.05) is 10.9 Å². The first kappa shape index (κ1) is 26.2. The van der Waals surface area contributed by atoms with Gasteiger partial charge in [0.05, 0.1) is 0 Å². The van der Waals surface area contributed by atoms with E-state index in [-0.39, 0.29) is 11.6 Å². The molecule has 0 atom stereocenters. The number of aryl methyl sites for hydroxylation is 2. The average Bonchev–Trinajstić information content (AvgIpc) is 2.58. The number of halogens is 4. The van der Waals surface area contributed by atoms with Gasteiger partial charge in [-0.25, -0.2) is 0 Å². The Kier molecular flexibility index (Phi) is 9.73. The van der Waals surface area contributed by atoms with E-state index < -0.39 is 13.3 Å². The zero-order valence-corrected chi connectivity index (χ0v) is 24.8. The Balaban J connectivity index is 2.32. The van der Waals surface area contributed by atoms with Crippen LogP contribution in [0.2, 0.25) is 10.0 Å². The predicted molar refractivity (Wildman–Crippen MR) is 139 cm³/mol. The van der Waals surface area contributed by atoms with Gasteiger partial charge in [-0.15, -0.1) is 0 Å². The third kappa shape index (κ3) is 6.70. The second kappa shape index (κ2) is 11.2.